The molecule has 2 aliphatic carbocycles. The molecule has 0 saturated heterocycles. The van der Waals surface area contributed by atoms with Gasteiger partial charge in [0.15, 0.2) is 6.17 Å². The Bertz CT molecular complexity index is 1560. The van der Waals surface area contributed by atoms with Crippen molar-refractivity contribution >= 4 is 16.2 Å². The number of rotatable bonds is 6. The molecule has 212 valence electrons. The summed E-state index contributed by atoms with van der Waals surface area (Å²) in [7, 11) is -3.14. The van der Waals surface area contributed by atoms with Crippen LogP contribution >= 0.6 is 0 Å². The van der Waals surface area contributed by atoms with E-state index in [1.165, 1.54) is 24.5 Å². The summed E-state index contributed by atoms with van der Waals surface area (Å²) in [5, 5.41) is 10.7. The van der Waals surface area contributed by atoms with Crippen LogP contribution in [0.4, 0.5) is 8.78 Å². The van der Waals surface area contributed by atoms with E-state index in [0.29, 0.717) is 5.69 Å². The standard InChI is InChI=1S/C27H28F2N6O2S.C2H6/c1-26(2)17-10-11-27(26,24-16(17)14-21(33-34-24)23-18(28)6-4-7-19(23)29)22-9-5-8-20(32-22)25-30-15-31-35(25)12-13-38(3,36)37;1-2/h4-9,14-15,17,25H,10-13H2,1-3H3,(H,30,31);1-2H3/t17-,25?,27-;/m0./s1. The fourth-order valence-corrected chi connectivity index (χ4v) is 7.13. The van der Waals surface area contributed by atoms with Gasteiger partial charge >= 0.3 is 0 Å². The molecule has 3 aliphatic rings. The maximum Gasteiger partial charge on any atom is 0.163 e. The van der Waals surface area contributed by atoms with Crippen molar-refractivity contribution in [1.82, 2.24) is 25.6 Å². The van der Waals surface area contributed by atoms with E-state index >= 15 is 0 Å². The quantitative estimate of drug-likeness (QED) is 0.450. The molecular weight excluding hydrogens is 534 g/mol. The number of hydrogen-bond acceptors (Lipinski definition) is 8. The van der Waals surface area contributed by atoms with Crippen LogP contribution in [0.25, 0.3) is 11.3 Å². The van der Waals surface area contributed by atoms with Gasteiger partial charge < -0.3 is 5.43 Å². The molecule has 1 unspecified atom stereocenters. The van der Waals surface area contributed by atoms with Gasteiger partial charge in [-0.15, -0.1) is 5.10 Å². The summed E-state index contributed by atoms with van der Waals surface area (Å²) in [4.78, 5) is 9.56. The number of hydrazine groups is 1. The van der Waals surface area contributed by atoms with Crippen molar-refractivity contribution in [3.63, 3.8) is 0 Å². The lowest BCUT2D eigenvalue weighted by Gasteiger charge is -2.37. The molecule has 0 radical (unpaired) electrons. The van der Waals surface area contributed by atoms with E-state index in [-0.39, 0.29) is 34.9 Å². The molecule has 1 saturated carbocycles. The van der Waals surface area contributed by atoms with Crippen molar-refractivity contribution in [2.24, 2.45) is 10.4 Å². The monoisotopic (exact) mass is 568 g/mol. The Morgan fingerprint density at radius 1 is 1.07 bits per heavy atom. The molecule has 1 N–H and O–H groups in total. The van der Waals surface area contributed by atoms with E-state index in [1.807, 2.05) is 32.0 Å². The highest BCUT2D eigenvalue weighted by molar-refractivity contribution is 7.90. The van der Waals surface area contributed by atoms with E-state index in [1.54, 1.807) is 17.4 Å². The average molecular weight is 569 g/mol. The maximum atomic E-state index is 14.5. The van der Waals surface area contributed by atoms with Crippen molar-refractivity contribution in [2.45, 2.75) is 58.0 Å². The van der Waals surface area contributed by atoms with Crippen molar-refractivity contribution in [3.05, 3.63) is 76.7 Å². The molecule has 6 rings (SSSR count). The zero-order valence-electron chi connectivity index (χ0n) is 23.3. The minimum absolute atomic E-state index is 0.00784. The Kier molecular flexibility index (Phi) is 7.24. The molecule has 3 atom stereocenters. The number of aliphatic imine (C=N–C) groups is 1. The minimum atomic E-state index is -3.14. The number of sulfone groups is 1. The third-order valence-corrected chi connectivity index (χ3v) is 9.44. The topological polar surface area (TPSA) is 100 Å². The van der Waals surface area contributed by atoms with Gasteiger partial charge in [-0.3, -0.25) is 4.98 Å². The summed E-state index contributed by atoms with van der Waals surface area (Å²) < 4.78 is 52.5. The molecule has 1 aromatic carbocycles. The van der Waals surface area contributed by atoms with Gasteiger partial charge in [-0.25, -0.2) is 22.2 Å². The fraction of sp³-hybridized carbons (Fsp3) is 0.448. The zero-order valence-corrected chi connectivity index (χ0v) is 24.1. The second kappa shape index (κ2) is 10.3. The number of fused-ring (bicyclic) bond motifs is 5. The SMILES string of the molecule is CC.CC1(C)[C@H]2CC[C@]1(c1cccc(C3N=CNN3CCS(C)(=O)=O)n1)c1nnc(-c3c(F)cccc3F)cc12. The smallest absolute Gasteiger partial charge is 0.163 e. The zero-order chi connectivity index (χ0) is 28.9. The first-order valence-corrected chi connectivity index (χ1v) is 15.6. The average Bonchev–Trinajstić information content (AvgIpc) is 3.56. The van der Waals surface area contributed by atoms with Crippen molar-refractivity contribution in [2.75, 3.05) is 18.6 Å². The van der Waals surface area contributed by atoms with E-state index in [9.17, 15) is 17.2 Å². The highest BCUT2D eigenvalue weighted by Crippen LogP contribution is 2.69. The summed E-state index contributed by atoms with van der Waals surface area (Å²) in [5.74, 6) is -1.22. The molecule has 40 heavy (non-hydrogen) atoms. The molecule has 1 aliphatic heterocycles. The van der Waals surface area contributed by atoms with Crippen LogP contribution < -0.4 is 5.43 Å². The molecule has 0 spiro atoms. The van der Waals surface area contributed by atoms with Crippen LogP contribution in [0.15, 0.2) is 47.5 Å². The first kappa shape index (κ1) is 28.2. The van der Waals surface area contributed by atoms with Crippen LogP contribution in [0.5, 0.6) is 0 Å². The summed E-state index contributed by atoms with van der Waals surface area (Å²) in [6.45, 7) is 8.65. The first-order valence-electron chi connectivity index (χ1n) is 13.5. The van der Waals surface area contributed by atoms with E-state index in [4.69, 9.17) is 4.98 Å². The lowest BCUT2D eigenvalue weighted by Crippen LogP contribution is -2.39. The molecule has 3 heterocycles. The van der Waals surface area contributed by atoms with Crippen LogP contribution in [0.2, 0.25) is 0 Å². The number of nitrogens with one attached hydrogen (secondary N) is 1. The Balaban J connectivity index is 0.00000158. The lowest BCUT2D eigenvalue weighted by molar-refractivity contribution is 0.198. The second-order valence-electron chi connectivity index (χ2n) is 10.9. The van der Waals surface area contributed by atoms with Gasteiger partial charge in [0, 0.05) is 12.8 Å². The van der Waals surface area contributed by atoms with Crippen LogP contribution in [0.1, 0.15) is 75.3 Å². The summed E-state index contributed by atoms with van der Waals surface area (Å²) in [5.41, 5.74) is 5.52. The summed E-state index contributed by atoms with van der Waals surface area (Å²) in [6.07, 6.45) is 4.00. The lowest BCUT2D eigenvalue weighted by atomic mass is 9.66. The van der Waals surface area contributed by atoms with Crippen molar-refractivity contribution in [3.8, 4) is 11.3 Å². The number of pyridine rings is 1. The Hall–Kier alpha value is -3.31. The largest absolute Gasteiger partial charge is 0.307 e. The normalized spacial score (nSPS) is 24.4. The van der Waals surface area contributed by atoms with Gasteiger partial charge in [0.2, 0.25) is 0 Å². The molecule has 2 aromatic heterocycles. The molecular formula is C29H34F2N6O2S. The number of benzene rings is 1. The van der Waals surface area contributed by atoms with Crippen molar-refractivity contribution in [1.29, 1.82) is 0 Å². The third-order valence-electron chi connectivity index (χ3n) is 8.51. The van der Waals surface area contributed by atoms with E-state index < -0.39 is 33.1 Å². The fourth-order valence-electron chi connectivity index (χ4n) is 6.61. The first-order chi connectivity index (χ1) is 19.0. The predicted molar refractivity (Wildman–Crippen MR) is 150 cm³/mol. The molecule has 2 bridgehead atoms. The second-order valence-corrected chi connectivity index (χ2v) is 13.2. The van der Waals surface area contributed by atoms with Crippen molar-refractivity contribution < 1.29 is 17.2 Å². The molecule has 8 nitrogen and oxygen atoms in total. The van der Waals surface area contributed by atoms with Crippen LogP contribution in [0.3, 0.4) is 0 Å². The Labute approximate surface area is 233 Å². The van der Waals surface area contributed by atoms with Crippen LogP contribution in [-0.4, -0.2) is 53.5 Å². The van der Waals surface area contributed by atoms with Gasteiger partial charge in [-0.1, -0.05) is 39.8 Å². The maximum absolute atomic E-state index is 14.5. The minimum Gasteiger partial charge on any atom is -0.307 e. The molecule has 11 heteroatoms. The molecule has 3 aromatic rings. The van der Waals surface area contributed by atoms with Gasteiger partial charge in [0.05, 0.1) is 45.8 Å². The summed E-state index contributed by atoms with van der Waals surface area (Å²) >= 11 is 0. The van der Waals surface area contributed by atoms with E-state index in [2.05, 4.69) is 34.5 Å². The Morgan fingerprint density at radius 3 is 2.48 bits per heavy atom. The summed E-state index contributed by atoms with van der Waals surface area (Å²) in [6, 6.07) is 11.4. The number of hydrogen-bond donors (Lipinski definition) is 1. The molecule has 1 fully saturated rings. The Morgan fingerprint density at radius 2 is 1.77 bits per heavy atom. The predicted octanol–water partition coefficient (Wildman–Crippen LogP) is 4.94. The van der Waals surface area contributed by atoms with Crippen LogP contribution in [-0.2, 0) is 15.3 Å². The van der Waals surface area contributed by atoms with Gasteiger partial charge in [0.25, 0.3) is 0 Å². The third kappa shape index (κ3) is 4.39. The number of halogens is 2. The van der Waals surface area contributed by atoms with E-state index in [0.717, 1.165) is 29.8 Å². The highest BCUT2D eigenvalue weighted by Gasteiger charge is 2.65. The number of aromatic nitrogens is 3. The van der Waals surface area contributed by atoms with Gasteiger partial charge in [0.1, 0.15) is 21.5 Å². The molecule has 0 amide bonds. The van der Waals surface area contributed by atoms with Gasteiger partial charge in [-0.2, -0.15) is 10.1 Å². The van der Waals surface area contributed by atoms with Gasteiger partial charge in [-0.05, 0) is 60.1 Å². The van der Waals surface area contributed by atoms with Crippen LogP contribution in [0, 0.1) is 17.0 Å². The number of nitrogens with zero attached hydrogens (tertiary/aromatic N) is 5. The highest BCUT2D eigenvalue weighted by atomic mass is 32.2.